The minimum Gasteiger partial charge on any atom is -0.378 e. The van der Waals surface area contributed by atoms with Crippen molar-refractivity contribution in [2.24, 2.45) is 0 Å². The Bertz CT molecular complexity index is 742. The highest BCUT2D eigenvalue weighted by atomic mass is 32.1. The van der Waals surface area contributed by atoms with Gasteiger partial charge in [0.15, 0.2) is 0 Å². The maximum absolute atomic E-state index is 4.20. The summed E-state index contributed by atoms with van der Waals surface area (Å²) in [6, 6.07) is 11.2. The molecule has 4 rings (SSSR count). The molecule has 0 amide bonds. The minimum absolute atomic E-state index is 0.448. The third-order valence-electron chi connectivity index (χ3n) is 4.06. The topological polar surface area (TPSA) is 24.9 Å². The van der Waals surface area contributed by atoms with Gasteiger partial charge in [0.2, 0.25) is 0 Å². The van der Waals surface area contributed by atoms with Crippen LogP contribution in [0.15, 0.2) is 48.1 Å². The van der Waals surface area contributed by atoms with E-state index < -0.39 is 0 Å². The van der Waals surface area contributed by atoms with Gasteiger partial charge in [-0.1, -0.05) is 12.1 Å². The third kappa shape index (κ3) is 1.98. The number of thiophene rings is 1. The zero-order valence-corrected chi connectivity index (χ0v) is 12.0. The second-order valence-electron chi connectivity index (χ2n) is 5.29. The van der Waals surface area contributed by atoms with Gasteiger partial charge in [-0.05, 0) is 48.4 Å². The number of aromatic nitrogens is 1. The first-order valence-electron chi connectivity index (χ1n) is 7.07. The van der Waals surface area contributed by atoms with Crippen LogP contribution >= 0.6 is 11.3 Å². The number of nitrogens with one attached hydrogen (secondary N) is 1. The molecule has 1 N–H and O–H groups in total. The van der Waals surface area contributed by atoms with Crippen molar-refractivity contribution in [1.82, 2.24) is 4.98 Å². The standard InChI is InChI=1S/C17H16N2S/c1-3-12-11-18-9-7-13(12)15(4-1)19-16-5-2-6-17-14(16)8-10-20-17/h1,3-4,7-11,16,19H,2,5-6H2. The van der Waals surface area contributed by atoms with E-state index in [1.54, 1.807) is 4.88 Å². The van der Waals surface area contributed by atoms with Gasteiger partial charge >= 0.3 is 0 Å². The summed E-state index contributed by atoms with van der Waals surface area (Å²) in [7, 11) is 0. The summed E-state index contributed by atoms with van der Waals surface area (Å²) in [6.45, 7) is 0. The van der Waals surface area contributed by atoms with E-state index in [0.717, 1.165) is 0 Å². The van der Waals surface area contributed by atoms with Crippen molar-refractivity contribution in [2.75, 3.05) is 5.32 Å². The van der Waals surface area contributed by atoms with Gasteiger partial charge in [-0.3, -0.25) is 4.98 Å². The van der Waals surface area contributed by atoms with Gasteiger partial charge in [0.25, 0.3) is 0 Å². The van der Waals surface area contributed by atoms with Gasteiger partial charge in [-0.15, -0.1) is 11.3 Å². The Kier molecular flexibility index (Phi) is 2.92. The summed E-state index contributed by atoms with van der Waals surface area (Å²) >= 11 is 1.89. The Hall–Kier alpha value is -1.87. The summed E-state index contributed by atoms with van der Waals surface area (Å²) in [5, 5.41) is 8.41. The van der Waals surface area contributed by atoms with Crippen molar-refractivity contribution in [2.45, 2.75) is 25.3 Å². The van der Waals surface area contributed by atoms with E-state index in [2.05, 4.69) is 46.0 Å². The van der Waals surface area contributed by atoms with Crippen LogP contribution in [-0.4, -0.2) is 4.98 Å². The predicted molar refractivity (Wildman–Crippen MR) is 85.4 cm³/mol. The van der Waals surface area contributed by atoms with E-state index in [0.29, 0.717) is 6.04 Å². The molecule has 1 unspecified atom stereocenters. The molecule has 100 valence electrons. The maximum atomic E-state index is 4.20. The fraction of sp³-hybridized carbons (Fsp3) is 0.235. The minimum atomic E-state index is 0.448. The molecule has 1 aliphatic rings. The van der Waals surface area contributed by atoms with Gasteiger partial charge < -0.3 is 5.32 Å². The van der Waals surface area contributed by atoms with Crippen molar-refractivity contribution in [1.29, 1.82) is 0 Å². The average Bonchev–Trinajstić information content (AvgIpc) is 2.97. The lowest BCUT2D eigenvalue weighted by atomic mass is 9.93. The van der Waals surface area contributed by atoms with Crippen LogP contribution in [0.5, 0.6) is 0 Å². The lowest BCUT2D eigenvalue weighted by molar-refractivity contribution is 0.609. The summed E-state index contributed by atoms with van der Waals surface area (Å²) in [5.74, 6) is 0. The highest BCUT2D eigenvalue weighted by Crippen LogP contribution is 2.36. The lowest BCUT2D eigenvalue weighted by Gasteiger charge is -2.25. The molecule has 0 saturated carbocycles. The molecule has 0 saturated heterocycles. The second kappa shape index (κ2) is 4.91. The second-order valence-corrected chi connectivity index (χ2v) is 6.29. The van der Waals surface area contributed by atoms with Crippen LogP contribution in [0.2, 0.25) is 0 Å². The highest BCUT2D eigenvalue weighted by Gasteiger charge is 2.21. The Morgan fingerprint density at radius 3 is 3.20 bits per heavy atom. The number of rotatable bonds is 2. The Morgan fingerprint density at radius 2 is 2.20 bits per heavy atom. The van der Waals surface area contributed by atoms with Crippen LogP contribution in [0.1, 0.15) is 29.3 Å². The smallest absolute Gasteiger partial charge is 0.0525 e. The molecule has 2 nitrogen and oxygen atoms in total. The van der Waals surface area contributed by atoms with Crippen LogP contribution in [0.3, 0.4) is 0 Å². The average molecular weight is 280 g/mol. The number of anilines is 1. The van der Waals surface area contributed by atoms with Crippen LogP contribution in [0, 0.1) is 0 Å². The first-order valence-corrected chi connectivity index (χ1v) is 7.95. The summed E-state index contributed by atoms with van der Waals surface area (Å²) in [6.07, 6.45) is 7.52. The largest absolute Gasteiger partial charge is 0.378 e. The van der Waals surface area contributed by atoms with Crippen molar-refractivity contribution in [3.05, 3.63) is 58.5 Å². The van der Waals surface area contributed by atoms with E-state index in [4.69, 9.17) is 0 Å². The molecule has 0 spiro atoms. The first kappa shape index (κ1) is 11.9. The Morgan fingerprint density at radius 1 is 1.20 bits per heavy atom. The highest BCUT2D eigenvalue weighted by molar-refractivity contribution is 7.10. The van der Waals surface area contributed by atoms with Crippen molar-refractivity contribution < 1.29 is 0 Å². The van der Waals surface area contributed by atoms with E-state index >= 15 is 0 Å². The molecule has 2 heterocycles. The summed E-state index contributed by atoms with van der Waals surface area (Å²) in [4.78, 5) is 5.75. The molecule has 3 aromatic rings. The molecule has 1 aliphatic carbocycles. The molecule has 1 atom stereocenters. The molecule has 0 bridgehead atoms. The van der Waals surface area contributed by atoms with Gasteiger partial charge in [0.1, 0.15) is 0 Å². The van der Waals surface area contributed by atoms with Gasteiger partial charge in [0.05, 0.1) is 6.04 Å². The Labute approximate surface area is 122 Å². The van der Waals surface area contributed by atoms with E-state index in [-0.39, 0.29) is 0 Å². The molecule has 0 radical (unpaired) electrons. The van der Waals surface area contributed by atoms with Gasteiger partial charge in [0, 0.05) is 33.7 Å². The quantitative estimate of drug-likeness (QED) is 0.730. The van der Waals surface area contributed by atoms with Crippen LogP contribution in [0.25, 0.3) is 10.8 Å². The van der Waals surface area contributed by atoms with E-state index in [9.17, 15) is 0 Å². The number of benzene rings is 1. The van der Waals surface area contributed by atoms with Gasteiger partial charge in [-0.2, -0.15) is 0 Å². The SMILES string of the molecule is c1cc(NC2CCCc3sccc32)c2ccncc2c1. The van der Waals surface area contributed by atoms with Crippen molar-refractivity contribution in [3.8, 4) is 0 Å². The molecule has 1 aromatic carbocycles. The van der Waals surface area contributed by atoms with Crippen LogP contribution in [-0.2, 0) is 6.42 Å². The maximum Gasteiger partial charge on any atom is 0.0525 e. The fourth-order valence-electron chi connectivity index (χ4n) is 3.07. The zero-order valence-electron chi connectivity index (χ0n) is 11.2. The summed E-state index contributed by atoms with van der Waals surface area (Å²) < 4.78 is 0. The number of fused-ring (bicyclic) bond motifs is 2. The molecular weight excluding hydrogens is 264 g/mol. The van der Waals surface area contributed by atoms with E-state index in [1.165, 1.54) is 41.3 Å². The lowest BCUT2D eigenvalue weighted by Crippen LogP contribution is -2.15. The van der Waals surface area contributed by atoms with Crippen LogP contribution in [0.4, 0.5) is 5.69 Å². The van der Waals surface area contributed by atoms with Crippen LogP contribution < -0.4 is 5.32 Å². The molecule has 3 heteroatoms. The normalized spacial score (nSPS) is 17.9. The van der Waals surface area contributed by atoms with Crippen molar-refractivity contribution in [3.63, 3.8) is 0 Å². The molecule has 0 fully saturated rings. The number of pyridine rings is 1. The zero-order chi connectivity index (χ0) is 13.4. The fourth-order valence-corrected chi connectivity index (χ4v) is 4.06. The molecular formula is C17H16N2S. The number of hydrogen-bond donors (Lipinski definition) is 1. The number of nitrogens with zero attached hydrogens (tertiary/aromatic N) is 1. The molecule has 20 heavy (non-hydrogen) atoms. The van der Waals surface area contributed by atoms with Gasteiger partial charge in [-0.25, -0.2) is 0 Å². The Balaban J connectivity index is 1.73. The van der Waals surface area contributed by atoms with Crippen molar-refractivity contribution >= 4 is 27.8 Å². The first-order chi connectivity index (χ1) is 9.92. The van der Waals surface area contributed by atoms with E-state index in [1.807, 2.05) is 23.7 Å². The third-order valence-corrected chi connectivity index (χ3v) is 5.06. The number of aryl methyl sites for hydroxylation is 1. The number of hydrogen-bond acceptors (Lipinski definition) is 3. The monoisotopic (exact) mass is 280 g/mol. The predicted octanol–water partition coefficient (Wildman–Crippen LogP) is 4.79. The summed E-state index contributed by atoms with van der Waals surface area (Å²) in [5.41, 5.74) is 2.71. The molecule has 2 aromatic heterocycles. The molecule has 0 aliphatic heterocycles.